The molecule has 7 heteroatoms. The van der Waals surface area contributed by atoms with Gasteiger partial charge in [-0.2, -0.15) is 0 Å². The third-order valence-electron chi connectivity index (χ3n) is 4.18. The van der Waals surface area contributed by atoms with E-state index >= 15 is 0 Å². The first-order valence-electron chi connectivity index (χ1n) is 6.82. The number of hydrogen-bond acceptors (Lipinski definition) is 3. The molecule has 0 amide bonds. The summed E-state index contributed by atoms with van der Waals surface area (Å²) in [6.07, 6.45) is 2.20. The highest BCUT2D eigenvalue weighted by molar-refractivity contribution is 7.90. The minimum Gasteiger partial charge on any atom is -0.633 e. The zero-order chi connectivity index (χ0) is 15.0. The van der Waals surface area contributed by atoms with E-state index < -0.39 is 15.7 Å². The Morgan fingerprint density at radius 1 is 1.33 bits per heavy atom. The molecule has 1 fully saturated rings. The predicted octanol–water partition coefficient (Wildman–Crippen LogP) is 2.86. The van der Waals surface area contributed by atoms with Crippen molar-refractivity contribution < 1.29 is 17.5 Å². The van der Waals surface area contributed by atoms with Crippen molar-refractivity contribution in [2.75, 3.05) is 25.9 Å². The Morgan fingerprint density at radius 3 is 2.38 bits per heavy atom. The van der Waals surface area contributed by atoms with Crippen LogP contribution in [-0.2, 0) is 9.84 Å². The van der Waals surface area contributed by atoms with Crippen LogP contribution in [0.15, 0.2) is 23.1 Å². The molecule has 1 heterocycles. The maximum Gasteiger partial charge on any atom is 0.178 e. The van der Waals surface area contributed by atoms with Gasteiger partial charge in [0.25, 0.3) is 0 Å². The van der Waals surface area contributed by atoms with E-state index in [1.165, 1.54) is 6.07 Å². The molecule has 0 N–H and O–H groups in total. The fraction of sp³-hybridized carbons (Fsp3) is 0.571. The van der Waals surface area contributed by atoms with Gasteiger partial charge >= 0.3 is 0 Å². The molecule has 1 saturated heterocycles. The lowest BCUT2D eigenvalue weighted by molar-refractivity contribution is -0.884. The van der Waals surface area contributed by atoms with Gasteiger partial charge in [0.15, 0.2) is 9.84 Å². The van der Waals surface area contributed by atoms with Crippen molar-refractivity contribution in [3.63, 3.8) is 0 Å². The molecule has 1 aromatic rings. The Balaban J connectivity index is 0.00000220. The molecule has 0 aromatic heterocycles. The number of piperidine rings is 1. The molecule has 120 valence electrons. The van der Waals surface area contributed by atoms with Gasteiger partial charge in [0.1, 0.15) is 10.7 Å². The Morgan fingerprint density at radius 2 is 1.90 bits per heavy atom. The third kappa shape index (κ3) is 3.94. The zero-order valence-corrected chi connectivity index (χ0v) is 13.8. The Hall–Kier alpha value is -0.690. The molecule has 1 aliphatic heterocycles. The summed E-state index contributed by atoms with van der Waals surface area (Å²) < 4.78 is 37.2. The van der Waals surface area contributed by atoms with Crippen LogP contribution in [0.3, 0.4) is 0 Å². The number of hydroxylamine groups is 3. The van der Waals surface area contributed by atoms with Gasteiger partial charge in [0.2, 0.25) is 0 Å². The smallest absolute Gasteiger partial charge is 0.178 e. The molecular formula is C14H21ClFNO3S. The number of halogens is 2. The molecule has 0 bridgehead atoms. The number of hydrogen-bond donors (Lipinski definition) is 0. The second kappa shape index (κ2) is 6.60. The number of sulfone groups is 1. The van der Waals surface area contributed by atoms with Crippen LogP contribution >= 0.6 is 12.4 Å². The predicted molar refractivity (Wildman–Crippen MR) is 82.6 cm³/mol. The van der Waals surface area contributed by atoms with E-state index in [-0.39, 0.29) is 27.9 Å². The summed E-state index contributed by atoms with van der Waals surface area (Å²) in [6, 6.07) is 4.49. The average molecular weight is 338 g/mol. The van der Waals surface area contributed by atoms with Crippen LogP contribution in [0.2, 0.25) is 0 Å². The van der Waals surface area contributed by atoms with E-state index in [1.54, 1.807) is 12.1 Å². The first kappa shape index (κ1) is 18.4. The van der Waals surface area contributed by atoms with Crippen molar-refractivity contribution >= 4 is 22.2 Å². The zero-order valence-electron chi connectivity index (χ0n) is 12.2. The minimum atomic E-state index is -3.56. The topological polar surface area (TPSA) is 57.2 Å². The van der Waals surface area contributed by atoms with Gasteiger partial charge in [-0.1, -0.05) is 12.1 Å². The van der Waals surface area contributed by atoms with Crippen LogP contribution in [0.5, 0.6) is 0 Å². The number of rotatable bonds is 3. The van der Waals surface area contributed by atoms with Crippen molar-refractivity contribution in [1.29, 1.82) is 0 Å². The van der Waals surface area contributed by atoms with Crippen LogP contribution in [0.4, 0.5) is 4.39 Å². The summed E-state index contributed by atoms with van der Waals surface area (Å²) in [5, 5.41) is 12.1. The van der Waals surface area contributed by atoms with Crippen LogP contribution in [0.1, 0.15) is 31.2 Å². The number of benzene rings is 1. The van der Waals surface area contributed by atoms with Crippen LogP contribution < -0.4 is 0 Å². The summed E-state index contributed by atoms with van der Waals surface area (Å²) in [6.45, 7) is 3.31. The van der Waals surface area contributed by atoms with Crippen LogP contribution in [0.25, 0.3) is 0 Å². The van der Waals surface area contributed by atoms with Gasteiger partial charge in [-0.3, -0.25) is 0 Å². The average Bonchev–Trinajstić information content (AvgIpc) is 2.39. The van der Waals surface area contributed by atoms with E-state index in [0.29, 0.717) is 38.0 Å². The van der Waals surface area contributed by atoms with Gasteiger partial charge in [0, 0.05) is 19.1 Å². The van der Waals surface area contributed by atoms with Gasteiger partial charge in [-0.05, 0) is 24.5 Å². The number of likely N-dealkylation sites (tertiary alicyclic amines) is 1. The summed E-state index contributed by atoms with van der Waals surface area (Å²) >= 11 is 0. The normalized spacial score (nSPS) is 26.2. The van der Waals surface area contributed by atoms with E-state index in [0.717, 1.165) is 6.26 Å². The lowest BCUT2D eigenvalue weighted by Crippen LogP contribution is -2.47. The molecule has 0 radical (unpaired) electrons. The summed E-state index contributed by atoms with van der Waals surface area (Å²) in [5.41, 5.74) is 0.426. The molecular weight excluding hydrogens is 317 g/mol. The van der Waals surface area contributed by atoms with E-state index in [1.807, 2.05) is 6.92 Å². The molecule has 21 heavy (non-hydrogen) atoms. The van der Waals surface area contributed by atoms with Gasteiger partial charge < -0.3 is 9.85 Å². The second-order valence-corrected chi connectivity index (χ2v) is 7.51. The molecule has 2 rings (SSSR count). The minimum absolute atomic E-state index is 0. The quantitative estimate of drug-likeness (QED) is 0.629. The fourth-order valence-corrected chi connectivity index (χ4v) is 3.56. The monoisotopic (exact) mass is 337 g/mol. The van der Waals surface area contributed by atoms with Gasteiger partial charge in [-0.25, -0.2) is 12.8 Å². The maximum atomic E-state index is 14.4. The first-order valence-corrected chi connectivity index (χ1v) is 8.71. The molecule has 0 unspecified atom stereocenters. The third-order valence-corrected chi connectivity index (χ3v) is 5.29. The van der Waals surface area contributed by atoms with Crippen molar-refractivity contribution in [1.82, 2.24) is 0 Å². The Kier molecular flexibility index (Phi) is 5.77. The van der Waals surface area contributed by atoms with E-state index in [9.17, 15) is 18.0 Å². The molecule has 0 atom stereocenters. The molecule has 1 aliphatic rings. The summed E-state index contributed by atoms with van der Waals surface area (Å²) in [7, 11) is -3.56. The van der Waals surface area contributed by atoms with Crippen LogP contribution in [-0.4, -0.2) is 39.0 Å². The summed E-state index contributed by atoms with van der Waals surface area (Å²) in [5.74, 6) is -0.717. The molecule has 0 saturated carbocycles. The lowest BCUT2D eigenvalue weighted by Gasteiger charge is -2.46. The van der Waals surface area contributed by atoms with Gasteiger partial charge in [0.05, 0.1) is 19.6 Å². The molecule has 4 nitrogen and oxygen atoms in total. The van der Waals surface area contributed by atoms with E-state index in [2.05, 4.69) is 0 Å². The standard InChI is InChI=1S/C14H20FNO3S.ClH/c1-3-16(17)9-7-11(8-10-16)12-5-4-6-13(14(12)15)20(2,18)19;/h4-6,11H,3,7-10H2,1-2H3;1H. The van der Waals surface area contributed by atoms with Crippen molar-refractivity contribution in [2.45, 2.75) is 30.6 Å². The highest BCUT2D eigenvalue weighted by Crippen LogP contribution is 2.34. The molecule has 1 aromatic carbocycles. The second-order valence-electron chi connectivity index (χ2n) is 5.53. The Labute approximate surface area is 131 Å². The van der Waals surface area contributed by atoms with Crippen molar-refractivity contribution in [3.8, 4) is 0 Å². The lowest BCUT2D eigenvalue weighted by atomic mass is 9.89. The first-order chi connectivity index (χ1) is 9.27. The van der Waals surface area contributed by atoms with Gasteiger partial charge in [-0.15, -0.1) is 12.4 Å². The van der Waals surface area contributed by atoms with Crippen molar-refractivity contribution in [2.24, 2.45) is 0 Å². The van der Waals surface area contributed by atoms with E-state index in [4.69, 9.17) is 0 Å². The summed E-state index contributed by atoms with van der Waals surface area (Å²) in [4.78, 5) is -0.251. The highest BCUT2D eigenvalue weighted by Gasteiger charge is 2.29. The molecule has 0 aliphatic carbocycles. The SMILES string of the molecule is CC[N+]1([O-])CCC(c2cccc(S(C)(=O)=O)c2F)CC1.Cl. The highest BCUT2D eigenvalue weighted by atomic mass is 35.5. The maximum absolute atomic E-state index is 14.4. The van der Waals surface area contributed by atoms with Crippen molar-refractivity contribution in [3.05, 3.63) is 34.8 Å². The largest absolute Gasteiger partial charge is 0.633 e. The Bertz CT molecular complexity index is 598. The van der Waals surface area contributed by atoms with Crippen LogP contribution in [0, 0.1) is 11.0 Å². The number of nitrogens with zero attached hydrogens (tertiary/aromatic N) is 1. The number of quaternary nitrogens is 1. The molecule has 0 spiro atoms. The fourth-order valence-electron chi connectivity index (χ4n) is 2.80.